The molecule has 6 rings (SSSR count). The maximum absolute atomic E-state index is 12.5. The van der Waals surface area contributed by atoms with Gasteiger partial charge in [0.15, 0.2) is 40.6 Å². The van der Waals surface area contributed by atoms with E-state index in [-0.39, 0.29) is 34.3 Å². The smallest absolute Gasteiger partial charge is 0.343 e. The van der Waals surface area contributed by atoms with Crippen molar-refractivity contribution in [3.63, 3.8) is 0 Å². The van der Waals surface area contributed by atoms with E-state index in [9.17, 15) is 14.7 Å². The van der Waals surface area contributed by atoms with Crippen molar-refractivity contribution < 1.29 is 19.4 Å². The fourth-order valence-corrected chi connectivity index (χ4v) is 5.35. The molecule has 0 spiro atoms. The monoisotopic (exact) mass is 691 g/mol. The second kappa shape index (κ2) is 14.4. The van der Waals surface area contributed by atoms with E-state index in [2.05, 4.69) is 40.6 Å². The van der Waals surface area contributed by atoms with E-state index in [1.54, 1.807) is 61.5 Å². The molecule has 0 saturated heterocycles. The summed E-state index contributed by atoms with van der Waals surface area (Å²) in [6.45, 7) is 3.03. The van der Waals surface area contributed by atoms with Gasteiger partial charge in [-0.15, -0.1) is 20.5 Å². The van der Waals surface area contributed by atoms with Gasteiger partial charge in [-0.2, -0.15) is 25.1 Å². The third-order valence-corrected chi connectivity index (χ3v) is 7.99. The zero-order chi connectivity index (χ0) is 36.2. The van der Waals surface area contributed by atoms with E-state index in [4.69, 9.17) is 20.7 Å². The Labute approximate surface area is 290 Å². The lowest BCUT2D eigenvalue weighted by atomic mass is 9.96. The molecule has 6 aromatic heterocycles. The molecule has 1 unspecified atom stereocenters. The number of anilines is 1. The third-order valence-electron chi connectivity index (χ3n) is 7.99. The molecular formula is C32H33N15O4. The molecule has 0 amide bonds. The molecule has 19 nitrogen and oxygen atoms in total. The van der Waals surface area contributed by atoms with Gasteiger partial charge < -0.3 is 15.6 Å². The van der Waals surface area contributed by atoms with Crippen LogP contribution in [-0.4, -0.2) is 79.7 Å². The van der Waals surface area contributed by atoms with Gasteiger partial charge in [0.2, 0.25) is 0 Å². The number of methoxy groups -OCH3 is 1. The summed E-state index contributed by atoms with van der Waals surface area (Å²) < 4.78 is 10.8. The zero-order valence-electron chi connectivity index (χ0n) is 28.3. The van der Waals surface area contributed by atoms with Crippen LogP contribution in [0.5, 0.6) is 0 Å². The number of azo groups is 2. The van der Waals surface area contributed by atoms with Crippen molar-refractivity contribution in [1.82, 2.24) is 49.1 Å². The van der Waals surface area contributed by atoms with Crippen molar-refractivity contribution in [3.8, 4) is 11.6 Å². The number of aliphatic hydroxyl groups is 1. The minimum Gasteiger partial charge on any atom is -0.465 e. The number of hydrogen-bond donors (Lipinski definition) is 2. The molecule has 0 saturated carbocycles. The first-order valence-electron chi connectivity index (χ1n) is 15.6. The number of Topliss-reactive ketones (excluding diaryl/α,β-unsaturated/α-hetero) is 1. The standard InChI is InChI=1S/C32H33N15O4/c1-6-19(26-25(18(2)46(42-26)23-11-7-9-13-34-23)38-41-31-21(32(50)51-5)16-37-45(31)4)27-28(29(33)47(43-27)24-12-8-10-14-35-24)39-40-30-20(22(49)17-48)15-36-44(30)3/h7-16,19,48H,6,17,33H2,1-5H3. The van der Waals surface area contributed by atoms with Crippen LogP contribution < -0.4 is 5.73 Å². The summed E-state index contributed by atoms with van der Waals surface area (Å²) in [5, 5.41) is 45.6. The number of carbonyl (C=O) groups is 2. The van der Waals surface area contributed by atoms with Gasteiger partial charge >= 0.3 is 5.97 Å². The molecular weight excluding hydrogens is 658 g/mol. The SMILES string of the molecule is CCC(c1nn(-c2ccccn2)c(C)c1N=Nc1c(C(=O)OC)cnn1C)c1nn(-c2ccccn2)c(N)c1N=Nc1c(C(=O)CO)cnn1C. The minimum absolute atomic E-state index is 0.0851. The van der Waals surface area contributed by atoms with Crippen LogP contribution in [0.4, 0.5) is 28.8 Å². The topological polar surface area (TPSA) is 236 Å². The fourth-order valence-electron chi connectivity index (χ4n) is 5.35. The molecule has 0 aromatic carbocycles. The molecule has 0 bridgehead atoms. The molecule has 19 heteroatoms. The van der Waals surface area contributed by atoms with Gasteiger partial charge in [-0.3, -0.25) is 4.79 Å². The number of pyridine rings is 2. The number of aryl methyl sites for hydroxylation is 2. The zero-order valence-corrected chi connectivity index (χ0v) is 28.3. The lowest BCUT2D eigenvalue weighted by Gasteiger charge is -2.11. The van der Waals surface area contributed by atoms with E-state index in [1.807, 2.05) is 19.9 Å². The number of esters is 1. The number of hydrogen-bond acceptors (Lipinski definition) is 15. The Balaban J connectivity index is 1.56. The van der Waals surface area contributed by atoms with Crippen LogP contribution in [0.25, 0.3) is 11.6 Å². The average molecular weight is 692 g/mol. The summed E-state index contributed by atoms with van der Waals surface area (Å²) in [5.41, 5.74) is 8.91. The molecule has 260 valence electrons. The predicted octanol–water partition coefficient (Wildman–Crippen LogP) is 4.54. The second-order valence-electron chi connectivity index (χ2n) is 11.1. The molecule has 1 atom stereocenters. The van der Waals surface area contributed by atoms with E-state index < -0.39 is 24.3 Å². The predicted molar refractivity (Wildman–Crippen MR) is 182 cm³/mol. The second-order valence-corrected chi connectivity index (χ2v) is 11.1. The highest BCUT2D eigenvalue weighted by Gasteiger charge is 2.31. The summed E-state index contributed by atoms with van der Waals surface area (Å²) in [7, 11) is 4.50. The molecule has 6 aromatic rings. The Morgan fingerprint density at radius 1 is 0.843 bits per heavy atom. The van der Waals surface area contributed by atoms with Crippen molar-refractivity contribution in [2.75, 3.05) is 19.5 Å². The summed E-state index contributed by atoms with van der Waals surface area (Å²) in [4.78, 5) is 33.8. The quantitative estimate of drug-likeness (QED) is 0.103. The number of aromatic nitrogens is 10. The number of carbonyl (C=O) groups excluding carboxylic acids is 2. The molecule has 0 radical (unpaired) electrons. The Morgan fingerprint density at radius 3 is 1.96 bits per heavy atom. The van der Waals surface area contributed by atoms with E-state index in [1.165, 1.54) is 33.5 Å². The number of nitrogens with two attached hydrogens (primary N) is 1. The highest BCUT2D eigenvalue weighted by Crippen LogP contribution is 2.43. The van der Waals surface area contributed by atoms with Crippen molar-refractivity contribution in [2.24, 2.45) is 34.6 Å². The maximum atomic E-state index is 12.5. The number of rotatable bonds is 12. The molecule has 6 heterocycles. The molecule has 0 aliphatic heterocycles. The third kappa shape index (κ3) is 6.39. The van der Waals surface area contributed by atoms with Crippen LogP contribution in [0.1, 0.15) is 57.1 Å². The van der Waals surface area contributed by atoms with Crippen molar-refractivity contribution in [2.45, 2.75) is 26.2 Å². The van der Waals surface area contributed by atoms with Crippen molar-refractivity contribution in [3.05, 3.63) is 89.4 Å². The minimum atomic E-state index is -0.729. The summed E-state index contributed by atoms with van der Waals surface area (Å²) >= 11 is 0. The van der Waals surface area contributed by atoms with Gasteiger partial charge in [0, 0.05) is 26.5 Å². The lowest BCUT2D eigenvalue weighted by Crippen LogP contribution is -2.07. The van der Waals surface area contributed by atoms with E-state index in [0.29, 0.717) is 40.8 Å². The number of ketones is 1. The van der Waals surface area contributed by atoms with Gasteiger partial charge in [-0.05, 0) is 37.6 Å². The first-order valence-corrected chi connectivity index (χ1v) is 15.6. The number of nitrogens with zero attached hydrogens (tertiary/aromatic N) is 14. The Hall–Kier alpha value is -6.76. The summed E-state index contributed by atoms with van der Waals surface area (Å²) in [6, 6.07) is 10.7. The Morgan fingerprint density at radius 2 is 1.39 bits per heavy atom. The highest BCUT2D eigenvalue weighted by atomic mass is 16.5. The van der Waals surface area contributed by atoms with Gasteiger partial charge in [-0.1, -0.05) is 19.1 Å². The van der Waals surface area contributed by atoms with Crippen molar-refractivity contribution >= 4 is 40.6 Å². The normalized spacial score (nSPS) is 12.3. The van der Waals surface area contributed by atoms with Crippen LogP contribution in [0.2, 0.25) is 0 Å². The van der Waals surface area contributed by atoms with Crippen LogP contribution >= 0.6 is 0 Å². The highest BCUT2D eigenvalue weighted by molar-refractivity contribution is 6.00. The Kier molecular flexibility index (Phi) is 9.62. The van der Waals surface area contributed by atoms with Crippen LogP contribution in [0.3, 0.4) is 0 Å². The lowest BCUT2D eigenvalue weighted by molar-refractivity contribution is 0.0601. The number of aliphatic hydroxyl groups excluding tert-OH is 1. The number of nitrogen functional groups attached to an aromatic ring is 1. The van der Waals surface area contributed by atoms with Crippen LogP contribution in [0, 0.1) is 6.92 Å². The molecule has 0 aliphatic rings. The molecule has 0 fully saturated rings. The largest absolute Gasteiger partial charge is 0.465 e. The first-order chi connectivity index (χ1) is 24.7. The fraction of sp³-hybridized carbons (Fsp3) is 0.250. The van der Waals surface area contributed by atoms with Crippen molar-refractivity contribution in [1.29, 1.82) is 0 Å². The molecule has 3 N–H and O–H groups in total. The van der Waals surface area contributed by atoms with Gasteiger partial charge in [0.1, 0.15) is 23.6 Å². The number of ether oxygens (including phenoxy) is 1. The van der Waals surface area contributed by atoms with Gasteiger partial charge in [0.05, 0.1) is 42.4 Å². The van der Waals surface area contributed by atoms with Crippen LogP contribution in [0.15, 0.2) is 81.6 Å². The van der Waals surface area contributed by atoms with E-state index in [0.717, 1.165) is 0 Å². The van der Waals surface area contributed by atoms with Gasteiger partial charge in [0.25, 0.3) is 0 Å². The molecule has 51 heavy (non-hydrogen) atoms. The summed E-state index contributed by atoms with van der Waals surface area (Å²) in [6.07, 6.45) is 6.35. The maximum Gasteiger partial charge on any atom is 0.343 e. The Bertz CT molecular complexity index is 2110. The molecule has 0 aliphatic carbocycles. The van der Waals surface area contributed by atoms with Crippen LogP contribution in [-0.2, 0) is 18.8 Å². The first kappa shape index (κ1) is 34.1. The van der Waals surface area contributed by atoms with Gasteiger partial charge in [-0.25, -0.2) is 28.8 Å². The summed E-state index contributed by atoms with van der Waals surface area (Å²) in [5.74, 6) is -0.452. The average Bonchev–Trinajstić information content (AvgIpc) is 3.90. The van der Waals surface area contributed by atoms with E-state index >= 15 is 0 Å².